The van der Waals surface area contributed by atoms with Gasteiger partial charge in [-0.2, -0.15) is 9.61 Å². The second kappa shape index (κ2) is 6.68. The predicted molar refractivity (Wildman–Crippen MR) is 91.6 cm³/mol. The highest BCUT2D eigenvalue weighted by molar-refractivity contribution is 5.59. The first kappa shape index (κ1) is 15.3. The first-order chi connectivity index (χ1) is 12.3. The monoisotopic (exact) mass is 337 g/mol. The minimum absolute atomic E-state index is 0.287. The fraction of sp³-hybridized carbons (Fsp3) is 0.176. The third kappa shape index (κ3) is 3.32. The summed E-state index contributed by atoms with van der Waals surface area (Å²) in [6.07, 6.45) is 5.64. The van der Waals surface area contributed by atoms with E-state index in [1.54, 1.807) is 16.6 Å². The second-order valence-electron chi connectivity index (χ2n) is 5.66. The summed E-state index contributed by atoms with van der Waals surface area (Å²) in [7, 11) is 0. The number of hydrogen-bond donors (Lipinski definition) is 2. The van der Waals surface area contributed by atoms with Gasteiger partial charge in [0.25, 0.3) is 0 Å². The van der Waals surface area contributed by atoms with Crippen LogP contribution in [-0.4, -0.2) is 36.6 Å². The Balaban J connectivity index is 1.49. The molecule has 3 aromatic heterocycles. The van der Waals surface area contributed by atoms with Gasteiger partial charge in [0, 0.05) is 18.3 Å². The van der Waals surface area contributed by atoms with Crippen LogP contribution in [-0.2, 0) is 6.42 Å². The molecule has 7 nitrogen and oxygen atoms in total. The minimum atomic E-state index is -0.287. The lowest BCUT2D eigenvalue weighted by Gasteiger charge is -2.06. The van der Waals surface area contributed by atoms with E-state index in [-0.39, 0.29) is 5.82 Å². The number of H-pyrrole nitrogens is 1. The Kier molecular flexibility index (Phi) is 4.07. The van der Waals surface area contributed by atoms with Crippen LogP contribution in [0.4, 0.5) is 10.2 Å². The van der Waals surface area contributed by atoms with Crippen molar-refractivity contribution in [3.05, 3.63) is 60.2 Å². The summed E-state index contributed by atoms with van der Waals surface area (Å²) in [5.74, 6) is 1.03. The molecule has 0 atom stereocenters. The molecule has 0 saturated carbocycles. The largest absolute Gasteiger partial charge is 0.369 e. The Morgan fingerprint density at radius 1 is 1.08 bits per heavy atom. The molecule has 0 saturated heterocycles. The van der Waals surface area contributed by atoms with E-state index in [4.69, 9.17) is 0 Å². The maximum atomic E-state index is 13.1. The van der Waals surface area contributed by atoms with Crippen molar-refractivity contribution in [3.8, 4) is 11.4 Å². The summed E-state index contributed by atoms with van der Waals surface area (Å²) < 4.78 is 14.8. The van der Waals surface area contributed by atoms with E-state index < -0.39 is 0 Å². The zero-order valence-corrected chi connectivity index (χ0v) is 13.4. The first-order valence-electron chi connectivity index (χ1n) is 7.99. The Labute approximate surface area is 142 Å². The molecular formula is C17H16FN7. The molecule has 4 rings (SSSR count). The van der Waals surface area contributed by atoms with E-state index in [0.29, 0.717) is 11.5 Å². The van der Waals surface area contributed by atoms with Gasteiger partial charge in [-0.1, -0.05) is 0 Å². The Hall–Kier alpha value is -3.29. The quantitative estimate of drug-likeness (QED) is 0.529. The summed E-state index contributed by atoms with van der Waals surface area (Å²) in [6, 6.07) is 9.85. The maximum absolute atomic E-state index is 13.1. The highest BCUT2D eigenvalue weighted by Gasteiger charge is 2.10. The summed E-state index contributed by atoms with van der Waals surface area (Å²) in [4.78, 5) is 0. The maximum Gasteiger partial charge on any atom is 0.185 e. The van der Waals surface area contributed by atoms with E-state index >= 15 is 0 Å². The van der Waals surface area contributed by atoms with Crippen molar-refractivity contribution in [2.45, 2.75) is 12.8 Å². The molecular weight excluding hydrogens is 321 g/mol. The highest BCUT2D eigenvalue weighted by atomic mass is 19.1. The average molecular weight is 337 g/mol. The van der Waals surface area contributed by atoms with Gasteiger partial charge in [-0.15, -0.1) is 15.3 Å². The number of aryl methyl sites for hydroxylation is 1. The Morgan fingerprint density at radius 2 is 1.96 bits per heavy atom. The molecule has 0 bridgehead atoms. The second-order valence-corrected chi connectivity index (χ2v) is 5.66. The smallest absolute Gasteiger partial charge is 0.185 e. The number of fused-ring (bicyclic) bond motifs is 1. The van der Waals surface area contributed by atoms with Crippen LogP contribution in [0.15, 0.2) is 48.8 Å². The van der Waals surface area contributed by atoms with Crippen LogP contribution in [0.5, 0.6) is 0 Å². The van der Waals surface area contributed by atoms with E-state index in [1.165, 1.54) is 17.7 Å². The van der Waals surface area contributed by atoms with Crippen LogP contribution in [0.2, 0.25) is 0 Å². The lowest BCUT2D eigenvalue weighted by molar-refractivity contribution is 0.628. The zero-order chi connectivity index (χ0) is 17.1. The molecule has 2 N–H and O–H groups in total. The molecule has 0 amide bonds. The van der Waals surface area contributed by atoms with Gasteiger partial charge in [0.2, 0.25) is 0 Å². The summed E-state index contributed by atoms with van der Waals surface area (Å²) in [5.41, 5.74) is 2.59. The molecule has 0 unspecified atom stereocenters. The minimum Gasteiger partial charge on any atom is -0.369 e. The van der Waals surface area contributed by atoms with Gasteiger partial charge >= 0.3 is 0 Å². The van der Waals surface area contributed by atoms with Crippen LogP contribution >= 0.6 is 0 Å². The summed E-state index contributed by atoms with van der Waals surface area (Å²) in [6.45, 7) is 0.789. The zero-order valence-electron chi connectivity index (χ0n) is 13.4. The third-order valence-corrected chi connectivity index (χ3v) is 3.87. The molecule has 0 fully saturated rings. The first-order valence-corrected chi connectivity index (χ1v) is 7.99. The number of halogens is 1. The summed E-state index contributed by atoms with van der Waals surface area (Å²) >= 11 is 0. The van der Waals surface area contributed by atoms with Crippen molar-refractivity contribution in [2.24, 2.45) is 0 Å². The Morgan fingerprint density at radius 3 is 2.76 bits per heavy atom. The number of anilines is 1. The number of nitrogens with one attached hydrogen (secondary N) is 2. The van der Waals surface area contributed by atoms with Gasteiger partial charge in [0.05, 0.1) is 6.20 Å². The van der Waals surface area contributed by atoms with E-state index in [0.717, 1.165) is 30.8 Å². The fourth-order valence-electron chi connectivity index (χ4n) is 2.59. The normalized spacial score (nSPS) is 11.1. The fourth-order valence-corrected chi connectivity index (χ4v) is 2.59. The SMILES string of the molecule is Fc1ccc(-c2nnc3ccc(NCCCc4cn[nH]c4)nn23)cc1. The lowest BCUT2D eigenvalue weighted by atomic mass is 10.2. The third-order valence-electron chi connectivity index (χ3n) is 3.87. The van der Waals surface area contributed by atoms with Crippen molar-refractivity contribution in [3.63, 3.8) is 0 Å². The standard InChI is InChI=1S/C17H16FN7/c18-14-5-3-13(4-6-14)17-23-22-16-8-7-15(24-25(16)17)19-9-1-2-12-10-20-21-11-12/h3-8,10-11H,1-2,9H2,(H,19,24)(H,20,21). The molecule has 0 aliphatic rings. The molecule has 1 aromatic carbocycles. The van der Waals surface area contributed by atoms with Gasteiger partial charge in [-0.3, -0.25) is 5.10 Å². The van der Waals surface area contributed by atoms with Crippen LogP contribution in [0.25, 0.3) is 17.0 Å². The van der Waals surface area contributed by atoms with Crippen molar-refractivity contribution in [1.82, 2.24) is 30.0 Å². The lowest BCUT2D eigenvalue weighted by Crippen LogP contribution is -2.07. The molecule has 3 heterocycles. The number of rotatable bonds is 6. The molecule has 0 radical (unpaired) electrons. The van der Waals surface area contributed by atoms with Crippen LogP contribution in [0, 0.1) is 5.82 Å². The van der Waals surface area contributed by atoms with Crippen LogP contribution in [0.3, 0.4) is 0 Å². The Bertz CT molecular complexity index is 961. The van der Waals surface area contributed by atoms with Crippen molar-refractivity contribution in [1.29, 1.82) is 0 Å². The number of aromatic nitrogens is 6. The van der Waals surface area contributed by atoms with E-state index in [1.807, 2.05) is 24.5 Å². The van der Waals surface area contributed by atoms with E-state index in [2.05, 4.69) is 30.8 Å². The molecule has 0 aliphatic heterocycles. The van der Waals surface area contributed by atoms with Crippen molar-refractivity contribution < 1.29 is 4.39 Å². The molecule has 0 spiro atoms. The van der Waals surface area contributed by atoms with Crippen LogP contribution < -0.4 is 5.32 Å². The molecule has 8 heteroatoms. The number of aromatic amines is 1. The predicted octanol–water partition coefficient (Wildman–Crippen LogP) is 2.70. The van der Waals surface area contributed by atoms with Gasteiger partial charge in [-0.25, -0.2) is 4.39 Å². The van der Waals surface area contributed by atoms with Gasteiger partial charge in [-0.05, 0) is 54.8 Å². The number of benzene rings is 1. The van der Waals surface area contributed by atoms with Crippen molar-refractivity contribution in [2.75, 3.05) is 11.9 Å². The van der Waals surface area contributed by atoms with Gasteiger partial charge in [0.15, 0.2) is 11.5 Å². The number of hydrogen-bond acceptors (Lipinski definition) is 5. The van der Waals surface area contributed by atoms with Gasteiger partial charge in [0.1, 0.15) is 11.6 Å². The van der Waals surface area contributed by atoms with Gasteiger partial charge < -0.3 is 5.32 Å². The van der Waals surface area contributed by atoms with Crippen molar-refractivity contribution >= 4 is 11.5 Å². The summed E-state index contributed by atoms with van der Waals surface area (Å²) in [5, 5.41) is 22.8. The van der Waals surface area contributed by atoms with E-state index in [9.17, 15) is 4.39 Å². The average Bonchev–Trinajstić information content (AvgIpc) is 3.29. The molecule has 25 heavy (non-hydrogen) atoms. The molecule has 0 aliphatic carbocycles. The number of nitrogens with zero attached hydrogens (tertiary/aromatic N) is 5. The topological polar surface area (TPSA) is 83.8 Å². The molecule has 126 valence electrons. The highest BCUT2D eigenvalue weighted by Crippen LogP contribution is 2.18. The van der Waals surface area contributed by atoms with Crippen LogP contribution in [0.1, 0.15) is 12.0 Å². The molecule has 4 aromatic rings.